The summed E-state index contributed by atoms with van der Waals surface area (Å²) in [5.41, 5.74) is 4.21. The van der Waals surface area contributed by atoms with Gasteiger partial charge in [0.05, 0.1) is 0 Å². The monoisotopic (exact) mass is 455 g/mol. The summed E-state index contributed by atoms with van der Waals surface area (Å²) in [5.74, 6) is 0. The Labute approximate surface area is 197 Å². The minimum atomic E-state index is -2.11. The van der Waals surface area contributed by atoms with Gasteiger partial charge in [0.2, 0.25) is 0 Å². The Kier molecular flexibility index (Phi) is 6.44. The van der Waals surface area contributed by atoms with E-state index in [-0.39, 0.29) is 0 Å². The molecule has 3 aromatic rings. The van der Waals surface area contributed by atoms with Crippen molar-refractivity contribution in [3.8, 4) is 0 Å². The highest BCUT2D eigenvalue weighted by molar-refractivity contribution is 8.24. The molecule has 1 saturated heterocycles. The van der Waals surface area contributed by atoms with Crippen LogP contribution in [-0.2, 0) is 11.8 Å². The molecule has 1 nitrogen and oxygen atoms in total. The molecule has 0 bridgehead atoms. The Balaban J connectivity index is 1.73. The number of rotatable bonds is 5. The topological polar surface area (TPSA) is 3.24 Å². The van der Waals surface area contributed by atoms with Crippen molar-refractivity contribution in [3.63, 3.8) is 0 Å². The van der Waals surface area contributed by atoms with Gasteiger partial charge in [0.1, 0.15) is 0 Å². The summed E-state index contributed by atoms with van der Waals surface area (Å²) in [4.78, 5) is 2.66. The molecule has 0 saturated carbocycles. The Morgan fingerprint density at radius 2 is 1.19 bits per heavy atom. The smallest absolute Gasteiger partial charge is 0.0450 e. The number of hydrogen-bond acceptors (Lipinski definition) is 2. The molecule has 1 heterocycles. The molecule has 2 aliphatic rings. The van der Waals surface area contributed by atoms with E-state index in [9.17, 15) is 0 Å². The highest BCUT2D eigenvalue weighted by Gasteiger charge is 2.36. The van der Waals surface area contributed by atoms with Crippen molar-refractivity contribution < 1.29 is 0 Å². The molecule has 1 fully saturated rings. The van der Waals surface area contributed by atoms with E-state index in [4.69, 9.17) is 11.8 Å². The molecule has 32 heavy (non-hydrogen) atoms. The molecule has 0 amide bonds. The minimum Gasteiger partial charge on any atom is -0.371 e. The van der Waals surface area contributed by atoms with Crippen LogP contribution in [0.25, 0.3) is 6.08 Å². The Morgan fingerprint density at radius 3 is 1.75 bits per heavy atom. The maximum absolute atomic E-state index is 6.76. The van der Waals surface area contributed by atoms with Gasteiger partial charge in [-0.2, -0.15) is 0 Å². The van der Waals surface area contributed by atoms with Gasteiger partial charge in [-0.3, -0.25) is 0 Å². The van der Waals surface area contributed by atoms with E-state index in [0.29, 0.717) is 0 Å². The summed E-state index contributed by atoms with van der Waals surface area (Å²) >= 11 is 6.76. The molecule has 162 valence electrons. The number of benzene rings is 3. The van der Waals surface area contributed by atoms with Crippen LogP contribution in [0.15, 0.2) is 108 Å². The summed E-state index contributed by atoms with van der Waals surface area (Å²) in [6, 6.07) is 30.5. The lowest BCUT2D eigenvalue weighted by Crippen LogP contribution is -2.30. The van der Waals surface area contributed by atoms with Gasteiger partial charge < -0.3 is 4.90 Å². The van der Waals surface area contributed by atoms with Crippen molar-refractivity contribution in [2.75, 3.05) is 13.1 Å². The first-order valence-electron chi connectivity index (χ1n) is 11.7. The maximum Gasteiger partial charge on any atom is 0.0450 e. The van der Waals surface area contributed by atoms with E-state index < -0.39 is 6.04 Å². The van der Waals surface area contributed by atoms with Gasteiger partial charge in [-0.1, -0.05) is 103 Å². The highest BCUT2D eigenvalue weighted by Crippen LogP contribution is 2.59. The van der Waals surface area contributed by atoms with Gasteiger partial charge in [0.15, 0.2) is 0 Å². The van der Waals surface area contributed by atoms with Crippen LogP contribution in [0.3, 0.4) is 0 Å². The second kappa shape index (κ2) is 9.61. The second-order valence-corrected chi connectivity index (χ2v) is 13.1. The first-order chi connectivity index (χ1) is 15.8. The first-order valence-corrected chi connectivity index (χ1v) is 14.5. The second-order valence-electron chi connectivity index (χ2n) is 8.70. The first kappa shape index (κ1) is 21.4. The molecule has 3 heteroatoms. The van der Waals surface area contributed by atoms with Crippen molar-refractivity contribution in [1.82, 2.24) is 4.90 Å². The Bertz CT molecular complexity index is 1120. The number of piperidine rings is 1. The van der Waals surface area contributed by atoms with E-state index >= 15 is 0 Å². The number of nitrogens with zero attached hydrogens (tertiary/aromatic N) is 1. The lowest BCUT2D eigenvalue weighted by molar-refractivity contribution is 0.290. The third kappa shape index (κ3) is 4.15. The van der Waals surface area contributed by atoms with Gasteiger partial charge in [0.25, 0.3) is 0 Å². The SMILES string of the molecule is S=P(C1=C(N2CCCCC2)/C(=C\c2ccccc2)CC1)(c1ccccc1)c1ccccc1. The molecule has 0 unspecified atom stereocenters. The van der Waals surface area contributed by atoms with E-state index in [2.05, 4.69) is 102 Å². The van der Waals surface area contributed by atoms with Gasteiger partial charge in [0, 0.05) is 24.8 Å². The Morgan fingerprint density at radius 1 is 0.656 bits per heavy atom. The lowest BCUT2D eigenvalue weighted by Gasteiger charge is -2.34. The normalized spacial score (nSPS) is 18.4. The van der Waals surface area contributed by atoms with Crippen LogP contribution in [0.5, 0.6) is 0 Å². The molecule has 0 aromatic heterocycles. The van der Waals surface area contributed by atoms with Crippen molar-refractivity contribution in [3.05, 3.63) is 113 Å². The van der Waals surface area contributed by atoms with Crippen LogP contribution in [0.4, 0.5) is 0 Å². The lowest BCUT2D eigenvalue weighted by atomic mass is 10.1. The largest absolute Gasteiger partial charge is 0.371 e. The van der Waals surface area contributed by atoms with Gasteiger partial charge >= 0.3 is 0 Å². The maximum atomic E-state index is 6.76. The summed E-state index contributed by atoms with van der Waals surface area (Å²) in [6.45, 7) is 2.29. The average molecular weight is 456 g/mol. The molecular formula is C29H30NPS. The third-order valence-electron chi connectivity index (χ3n) is 6.64. The number of likely N-dealkylation sites (tertiary alicyclic amines) is 1. The molecule has 3 aromatic carbocycles. The fraction of sp³-hybridized carbons (Fsp3) is 0.241. The zero-order valence-corrected chi connectivity index (χ0v) is 20.2. The highest BCUT2D eigenvalue weighted by atomic mass is 32.4. The van der Waals surface area contributed by atoms with Crippen LogP contribution < -0.4 is 10.6 Å². The molecule has 0 atom stereocenters. The van der Waals surface area contributed by atoms with Crippen LogP contribution in [0.1, 0.15) is 37.7 Å². The van der Waals surface area contributed by atoms with Crippen molar-refractivity contribution in [1.29, 1.82) is 0 Å². The van der Waals surface area contributed by atoms with E-state index in [1.807, 2.05) is 0 Å². The van der Waals surface area contributed by atoms with Gasteiger partial charge in [-0.15, -0.1) is 0 Å². The molecule has 0 N–H and O–H groups in total. The summed E-state index contributed by atoms with van der Waals surface area (Å²) in [7, 11) is 0. The summed E-state index contributed by atoms with van der Waals surface area (Å²) < 4.78 is 0. The van der Waals surface area contributed by atoms with Crippen molar-refractivity contribution in [2.24, 2.45) is 0 Å². The molecule has 1 aliphatic carbocycles. The zero-order chi connectivity index (χ0) is 21.8. The van der Waals surface area contributed by atoms with E-state index in [1.165, 1.54) is 52.0 Å². The quantitative estimate of drug-likeness (QED) is 0.394. The number of allylic oxidation sites excluding steroid dienone is 2. The summed E-state index contributed by atoms with van der Waals surface area (Å²) in [5, 5.41) is 4.13. The third-order valence-corrected chi connectivity index (χ3v) is 11.8. The predicted octanol–water partition coefficient (Wildman–Crippen LogP) is 6.69. The average Bonchev–Trinajstić information content (AvgIpc) is 3.29. The van der Waals surface area contributed by atoms with Crippen LogP contribution in [0.2, 0.25) is 0 Å². The van der Waals surface area contributed by atoms with Crippen molar-refractivity contribution in [2.45, 2.75) is 32.1 Å². The van der Waals surface area contributed by atoms with E-state index in [0.717, 1.165) is 25.9 Å². The van der Waals surface area contributed by atoms with Crippen LogP contribution in [-0.4, -0.2) is 18.0 Å². The Hall–Kier alpha value is -2.41. The molecule has 5 rings (SSSR count). The zero-order valence-electron chi connectivity index (χ0n) is 18.5. The molecule has 1 aliphatic heterocycles. The van der Waals surface area contributed by atoms with Gasteiger partial charge in [-0.25, -0.2) is 0 Å². The summed E-state index contributed by atoms with van der Waals surface area (Å²) in [6.07, 6.45) is 8.43. The number of hydrogen-bond donors (Lipinski definition) is 0. The van der Waals surface area contributed by atoms with Crippen LogP contribution in [0, 0.1) is 0 Å². The molecule has 0 spiro atoms. The fourth-order valence-corrected chi connectivity index (χ4v) is 9.49. The minimum absolute atomic E-state index is 1.06. The molecular weight excluding hydrogens is 425 g/mol. The van der Waals surface area contributed by atoms with Crippen LogP contribution >= 0.6 is 6.04 Å². The van der Waals surface area contributed by atoms with Crippen molar-refractivity contribution >= 4 is 34.5 Å². The van der Waals surface area contributed by atoms with E-state index in [1.54, 1.807) is 0 Å². The van der Waals surface area contributed by atoms with Gasteiger partial charge in [-0.05, 0) is 65.2 Å². The predicted molar refractivity (Wildman–Crippen MR) is 143 cm³/mol. The molecule has 0 radical (unpaired) electrons. The fourth-order valence-electron chi connectivity index (χ4n) is 5.11. The standard InChI is InChI=1S/C29H30NPS/c32-31(26-15-7-2-8-16-26,27-17-9-3-10-18-27)28-20-19-25(23-24-13-5-1-6-14-24)29(28)30-21-11-4-12-22-30/h1-3,5-10,13-18,23H,4,11-12,19-22H2/b25-23-.